The van der Waals surface area contributed by atoms with E-state index in [-0.39, 0.29) is 11.4 Å². The summed E-state index contributed by atoms with van der Waals surface area (Å²) in [6, 6.07) is 8.89. The minimum absolute atomic E-state index is 0.0840. The highest BCUT2D eigenvalue weighted by molar-refractivity contribution is 6.33. The SMILES string of the molecule is N#Cc1ccc(-c2cc([N+](=O)[O-])ccc2Cl)o1. The lowest BCUT2D eigenvalue weighted by Gasteiger charge is -2.00. The molecular weight excluding hydrogens is 244 g/mol. The summed E-state index contributed by atoms with van der Waals surface area (Å²) in [6.45, 7) is 0. The maximum absolute atomic E-state index is 10.6. The second kappa shape index (κ2) is 4.28. The minimum atomic E-state index is -0.520. The van der Waals surface area contributed by atoms with E-state index in [1.165, 1.54) is 24.3 Å². The van der Waals surface area contributed by atoms with Gasteiger partial charge in [-0.25, -0.2) is 0 Å². The number of hydrogen-bond donors (Lipinski definition) is 0. The Kier molecular flexibility index (Phi) is 2.81. The topological polar surface area (TPSA) is 80.1 Å². The molecule has 1 aromatic heterocycles. The second-order valence-electron chi connectivity index (χ2n) is 3.20. The van der Waals surface area contributed by atoms with Crippen molar-refractivity contribution < 1.29 is 9.34 Å². The molecule has 0 N–H and O–H groups in total. The Morgan fingerprint density at radius 3 is 2.71 bits per heavy atom. The van der Waals surface area contributed by atoms with Crippen LogP contribution in [0.5, 0.6) is 0 Å². The number of furan rings is 1. The molecule has 0 atom stereocenters. The maximum Gasteiger partial charge on any atom is 0.270 e. The Bertz CT molecular complexity index is 628. The Labute approximate surface area is 101 Å². The van der Waals surface area contributed by atoms with E-state index in [0.29, 0.717) is 16.3 Å². The van der Waals surface area contributed by atoms with E-state index in [4.69, 9.17) is 21.3 Å². The molecule has 0 spiro atoms. The van der Waals surface area contributed by atoms with Crippen LogP contribution in [0.15, 0.2) is 34.7 Å². The van der Waals surface area contributed by atoms with Crippen LogP contribution in [0.3, 0.4) is 0 Å². The molecule has 1 aromatic carbocycles. The number of nitro benzene ring substituents is 1. The fourth-order valence-electron chi connectivity index (χ4n) is 1.36. The monoisotopic (exact) mass is 248 g/mol. The Morgan fingerprint density at radius 1 is 1.35 bits per heavy atom. The molecule has 84 valence electrons. The van der Waals surface area contributed by atoms with Crippen molar-refractivity contribution in [3.63, 3.8) is 0 Å². The molecule has 0 aliphatic heterocycles. The molecule has 1 heterocycles. The van der Waals surface area contributed by atoms with Crippen LogP contribution in [0.2, 0.25) is 5.02 Å². The predicted octanol–water partition coefficient (Wildman–Crippen LogP) is 3.38. The number of hydrogen-bond acceptors (Lipinski definition) is 4. The second-order valence-corrected chi connectivity index (χ2v) is 3.60. The van der Waals surface area contributed by atoms with Gasteiger partial charge < -0.3 is 4.42 Å². The van der Waals surface area contributed by atoms with Crippen molar-refractivity contribution >= 4 is 17.3 Å². The summed E-state index contributed by atoms with van der Waals surface area (Å²) < 4.78 is 5.17. The van der Waals surface area contributed by atoms with Gasteiger partial charge in [-0.2, -0.15) is 5.26 Å². The number of nitriles is 1. The smallest absolute Gasteiger partial charge is 0.270 e. The van der Waals surface area contributed by atoms with Gasteiger partial charge in [-0.1, -0.05) is 11.6 Å². The molecule has 0 radical (unpaired) electrons. The summed E-state index contributed by atoms with van der Waals surface area (Å²) in [4.78, 5) is 10.1. The van der Waals surface area contributed by atoms with Crippen LogP contribution in [0.25, 0.3) is 11.3 Å². The first-order chi connectivity index (χ1) is 8.11. The molecular formula is C11H5ClN2O3. The van der Waals surface area contributed by atoms with Gasteiger partial charge >= 0.3 is 0 Å². The number of rotatable bonds is 2. The van der Waals surface area contributed by atoms with E-state index in [2.05, 4.69) is 0 Å². The maximum atomic E-state index is 10.6. The average Bonchev–Trinajstić information content (AvgIpc) is 2.77. The number of non-ortho nitro benzene ring substituents is 1. The van der Waals surface area contributed by atoms with Crippen molar-refractivity contribution in [2.45, 2.75) is 0 Å². The minimum Gasteiger partial charge on any atom is -0.446 e. The van der Waals surface area contributed by atoms with Crippen molar-refractivity contribution in [2.75, 3.05) is 0 Å². The van der Waals surface area contributed by atoms with Crippen molar-refractivity contribution in [2.24, 2.45) is 0 Å². The van der Waals surface area contributed by atoms with E-state index in [0.717, 1.165) is 0 Å². The van der Waals surface area contributed by atoms with Gasteiger partial charge in [-0.15, -0.1) is 0 Å². The molecule has 0 saturated carbocycles. The van der Waals surface area contributed by atoms with Gasteiger partial charge in [-0.05, 0) is 18.2 Å². The molecule has 6 heteroatoms. The molecule has 17 heavy (non-hydrogen) atoms. The largest absolute Gasteiger partial charge is 0.446 e. The third kappa shape index (κ3) is 2.12. The molecule has 0 aliphatic rings. The molecule has 0 fully saturated rings. The predicted molar refractivity (Wildman–Crippen MR) is 60.5 cm³/mol. The standard InChI is InChI=1S/C11H5ClN2O3/c12-10-3-1-7(14(15)16)5-9(10)11-4-2-8(6-13)17-11/h1-5H. The van der Waals surface area contributed by atoms with Crippen LogP contribution in [-0.2, 0) is 0 Å². The van der Waals surface area contributed by atoms with Gasteiger partial charge in [0.15, 0.2) is 0 Å². The summed E-state index contributed by atoms with van der Waals surface area (Å²) >= 11 is 5.92. The summed E-state index contributed by atoms with van der Waals surface area (Å²) in [5.41, 5.74) is 0.307. The molecule has 5 nitrogen and oxygen atoms in total. The third-order valence-corrected chi connectivity index (χ3v) is 2.47. The summed E-state index contributed by atoms with van der Waals surface area (Å²) in [7, 11) is 0. The van der Waals surface area contributed by atoms with Crippen molar-refractivity contribution in [1.82, 2.24) is 0 Å². The van der Waals surface area contributed by atoms with Gasteiger partial charge in [0.1, 0.15) is 11.8 Å². The van der Waals surface area contributed by atoms with Crippen LogP contribution in [0, 0.1) is 21.4 Å². The molecule has 2 aromatic rings. The highest BCUT2D eigenvalue weighted by atomic mass is 35.5. The van der Waals surface area contributed by atoms with Crippen molar-refractivity contribution in [1.29, 1.82) is 5.26 Å². The zero-order valence-electron chi connectivity index (χ0n) is 8.38. The molecule has 0 bridgehead atoms. The first kappa shape index (κ1) is 11.2. The zero-order chi connectivity index (χ0) is 12.4. The molecule has 0 unspecified atom stereocenters. The van der Waals surface area contributed by atoms with E-state index in [1.807, 2.05) is 6.07 Å². The molecule has 0 saturated heterocycles. The lowest BCUT2D eigenvalue weighted by atomic mass is 10.1. The summed E-state index contributed by atoms with van der Waals surface area (Å²) in [5, 5.41) is 19.6. The Morgan fingerprint density at radius 2 is 2.12 bits per heavy atom. The normalized spacial score (nSPS) is 9.88. The fraction of sp³-hybridized carbons (Fsp3) is 0. The van der Waals surface area contributed by atoms with Crippen LogP contribution >= 0.6 is 11.6 Å². The number of benzene rings is 1. The van der Waals surface area contributed by atoms with Gasteiger partial charge in [-0.3, -0.25) is 10.1 Å². The molecule has 2 rings (SSSR count). The number of nitro groups is 1. The Balaban J connectivity index is 2.54. The summed E-state index contributed by atoms with van der Waals surface area (Å²) in [5.74, 6) is 0.456. The van der Waals surface area contributed by atoms with E-state index < -0.39 is 4.92 Å². The van der Waals surface area contributed by atoms with Crippen LogP contribution in [0.1, 0.15) is 5.76 Å². The third-order valence-electron chi connectivity index (χ3n) is 2.14. The quantitative estimate of drug-likeness (QED) is 0.603. The van der Waals surface area contributed by atoms with E-state index in [1.54, 1.807) is 6.07 Å². The van der Waals surface area contributed by atoms with Gasteiger partial charge in [0.25, 0.3) is 5.69 Å². The lowest BCUT2D eigenvalue weighted by molar-refractivity contribution is -0.384. The first-order valence-corrected chi connectivity index (χ1v) is 4.94. The van der Waals surface area contributed by atoms with Gasteiger partial charge in [0.2, 0.25) is 5.76 Å². The lowest BCUT2D eigenvalue weighted by Crippen LogP contribution is -1.88. The zero-order valence-corrected chi connectivity index (χ0v) is 9.14. The summed E-state index contributed by atoms with van der Waals surface area (Å²) in [6.07, 6.45) is 0. The van der Waals surface area contributed by atoms with Gasteiger partial charge in [0, 0.05) is 17.7 Å². The van der Waals surface area contributed by atoms with Crippen molar-refractivity contribution in [3.8, 4) is 17.4 Å². The molecule has 0 aliphatic carbocycles. The van der Waals surface area contributed by atoms with Crippen LogP contribution in [0.4, 0.5) is 5.69 Å². The van der Waals surface area contributed by atoms with Crippen LogP contribution in [-0.4, -0.2) is 4.92 Å². The molecule has 0 amide bonds. The van der Waals surface area contributed by atoms with Crippen molar-refractivity contribution in [3.05, 3.63) is 51.2 Å². The number of halogens is 1. The van der Waals surface area contributed by atoms with E-state index >= 15 is 0 Å². The fourth-order valence-corrected chi connectivity index (χ4v) is 1.57. The van der Waals surface area contributed by atoms with Crippen LogP contribution < -0.4 is 0 Å². The highest BCUT2D eigenvalue weighted by Gasteiger charge is 2.14. The van der Waals surface area contributed by atoms with Gasteiger partial charge in [0.05, 0.1) is 9.95 Å². The van der Waals surface area contributed by atoms with E-state index in [9.17, 15) is 10.1 Å². The number of nitrogens with zero attached hydrogens (tertiary/aromatic N) is 2. The average molecular weight is 249 g/mol. The highest BCUT2D eigenvalue weighted by Crippen LogP contribution is 2.32. The first-order valence-electron chi connectivity index (χ1n) is 4.56. The Hall–Kier alpha value is -2.32.